The Morgan fingerprint density at radius 3 is 2.19 bits per heavy atom. The number of esters is 2. The molecule has 0 atom stereocenters. The van der Waals surface area contributed by atoms with Crippen molar-refractivity contribution in [1.29, 1.82) is 0 Å². The number of nitrogens with one attached hydrogen (secondary N) is 1. The van der Waals surface area contributed by atoms with Crippen molar-refractivity contribution < 1.29 is 33.3 Å². The fourth-order valence-corrected chi connectivity index (χ4v) is 1.10. The van der Waals surface area contributed by atoms with E-state index in [0.717, 1.165) is 6.92 Å². The predicted molar refractivity (Wildman–Crippen MR) is 72.6 cm³/mol. The Balaban J connectivity index is 3.39. The molecule has 0 bridgehead atoms. The zero-order valence-corrected chi connectivity index (χ0v) is 12.9. The largest absolute Gasteiger partial charge is 0.444 e. The van der Waals surface area contributed by atoms with Crippen molar-refractivity contribution in [3.63, 3.8) is 0 Å². The van der Waals surface area contributed by atoms with Crippen LogP contribution in [0, 0.1) is 0 Å². The van der Waals surface area contributed by atoms with E-state index in [9.17, 15) is 14.4 Å². The van der Waals surface area contributed by atoms with Gasteiger partial charge in [0, 0.05) is 13.5 Å². The van der Waals surface area contributed by atoms with Crippen molar-refractivity contribution in [3.05, 3.63) is 0 Å². The smallest absolute Gasteiger partial charge is 0.407 e. The molecule has 0 saturated carbocycles. The van der Waals surface area contributed by atoms with Gasteiger partial charge in [0.1, 0.15) is 12.2 Å². The van der Waals surface area contributed by atoms with Crippen LogP contribution in [-0.2, 0) is 28.5 Å². The third-order valence-electron chi connectivity index (χ3n) is 1.76. The minimum Gasteiger partial charge on any atom is -0.444 e. The van der Waals surface area contributed by atoms with Gasteiger partial charge in [-0.1, -0.05) is 0 Å². The fraction of sp³-hybridized carbons (Fsp3) is 0.769. The number of rotatable bonds is 8. The molecule has 0 aromatic heterocycles. The van der Waals surface area contributed by atoms with Gasteiger partial charge >= 0.3 is 18.0 Å². The molecule has 8 heteroatoms. The zero-order chi connectivity index (χ0) is 16.3. The summed E-state index contributed by atoms with van der Waals surface area (Å²) in [6, 6.07) is 0. The zero-order valence-electron chi connectivity index (χ0n) is 12.9. The lowest BCUT2D eigenvalue weighted by atomic mass is 10.2. The molecule has 1 amide bonds. The maximum atomic E-state index is 11.3. The molecule has 0 radical (unpaired) electrons. The summed E-state index contributed by atoms with van der Waals surface area (Å²) in [7, 11) is 0. The van der Waals surface area contributed by atoms with Gasteiger partial charge in [-0.3, -0.25) is 4.79 Å². The molecule has 8 nitrogen and oxygen atoms in total. The monoisotopic (exact) mass is 305 g/mol. The molecule has 21 heavy (non-hydrogen) atoms. The van der Waals surface area contributed by atoms with E-state index in [1.54, 1.807) is 20.8 Å². The van der Waals surface area contributed by atoms with Crippen LogP contribution < -0.4 is 5.32 Å². The van der Waals surface area contributed by atoms with E-state index in [4.69, 9.17) is 14.2 Å². The minimum atomic E-state index is -0.742. The summed E-state index contributed by atoms with van der Waals surface area (Å²) in [5, 5.41) is 2.53. The van der Waals surface area contributed by atoms with Gasteiger partial charge in [-0.2, -0.15) is 0 Å². The molecule has 0 fully saturated rings. The summed E-state index contributed by atoms with van der Waals surface area (Å²) < 4.78 is 19.4. The molecule has 122 valence electrons. The maximum absolute atomic E-state index is 11.3. The molecule has 0 saturated heterocycles. The molecule has 0 aromatic carbocycles. The summed E-state index contributed by atoms with van der Waals surface area (Å²) in [6.07, 6.45) is -0.505. The van der Waals surface area contributed by atoms with Gasteiger partial charge in [0.15, 0.2) is 0 Å². The topological polar surface area (TPSA) is 100 Å². The SMILES string of the molecule is CC(=O)OC(=O)COCCOCCNC(=O)OC(C)(C)C. The van der Waals surface area contributed by atoms with E-state index in [2.05, 4.69) is 10.1 Å². The van der Waals surface area contributed by atoms with Crippen LogP contribution in [0.1, 0.15) is 27.7 Å². The van der Waals surface area contributed by atoms with Crippen molar-refractivity contribution >= 4 is 18.0 Å². The Morgan fingerprint density at radius 1 is 1.00 bits per heavy atom. The average molecular weight is 305 g/mol. The molecule has 0 aliphatic heterocycles. The third kappa shape index (κ3) is 14.5. The normalized spacial score (nSPS) is 10.9. The lowest BCUT2D eigenvalue weighted by Crippen LogP contribution is -2.34. The quantitative estimate of drug-likeness (QED) is 0.399. The van der Waals surface area contributed by atoms with Gasteiger partial charge in [-0.15, -0.1) is 0 Å². The number of ether oxygens (including phenoxy) is 4. The van der Waals surface area contributed by atoms with Crippen molar-refractivity contribution in [2.24, 2.45) is 0 Å². The molecular weight excluding hydrogens is 282 g/mol. The van der Waals surface area contributed by atoms with Gasteiger partial charge < -0.3 is 24.3 Å². The Bertz CT molecular complexity index is 349. The molecule has 0 spiro atoms. The van der Waals surface area contributed by atoms with Crippen molar-refractivity contribution in [3.8, 4) is 0 Å². The Hall–Kier alpha value is -1.67. The Kier molecular flexibility index (Phi) is 9.31. The maximum Gasteiger partial charge on any atom is 0.407 e. The molecule has 0 aliphatic rings. The molecular formula is C13H23NO7. The lowest BCUT2D eigenvalue weighted by Gasteiger charge is -2.19. The van der Waals surface area contributed by atoms with E-state index in [-0.39, 0.29) is 19.8 Å². The molecule has 0 aromatic rings. The lowest BCUT2D eigenvalue weighted by molar-refractivity contribution is -0.161. The van der Waals surface area contributed by atoms with E-state index < -0.39 is 23.6 Å². The predicted octanol–water partition coefficient (Wildman–Crippen LogP) is 0.634. The first-order valence-electron chi connectivity index (χ1n) is 6.54. The van der Waals surface area contributed by atoms with Crippen molar-refractivity contribution in [2.75, 3.05) is 33.0 Å². The molecule has 0 rings (SSSR count). The van der Waals surface area contributed by atoms with Crippen LogP contribution in [0.25, 0.3) is 0 Å². The molecule has 0 unspecified atom stereocenters. The Labute approximate surface area is 124 Å². The third-order valence-corrected chi connectivity index (χ3v) is 1.76. The summed E-state index contributed by atoms with van der Waals surface area (Å²) in [6.45, 7) is 7.19. The van der Waals surface area contributed by atoms with Crippen LogP contribution in [0.2, 0.25) is 0 Å². The van der Waals surface area contributed by atoms with Gasteiger partial charge in [0.2, 0.25) is 0 Å². The first-order valence-corrected chi connectivity index (χ1v) is 6.54. The standard InChI is InChI=1S/C13H23NO7/c1-10(15)20-11(16)9-19-8-7-18-6-5-14-12(17)21-13(2,3)4/h5-9H2,1-4H3,(H,14,17). The summed E-state index contributed by atoms with van der Waals surface area (Å²) in [5.41, 5.74) is -0.534. The second-order valence-electron chi connectivity index (χ2n) is 5.06. The van der Waals surface area contributed by atoms with Crippen LogP contribution in [0.5, 0.6) is 0 Å². The number of alkyl carbamates (subject to hydrolysis) is 1. The summed E-state index contributed by atoms with van der Waals surface area (Å²) in [5.74, 6) is -1.41. The van der Waals surface area contributed by atoms with E-state index in [1.165, 1.54) is 0 Å². The van der Waals surface area contributed by atoms with Crippen LogP contribution >= 0.6 is 0 Å². The Morgan fingerprint density at radius 2 is 1.62 bits per heavy atom. The second-order valence-corrected chi connectivity index (χ2v) is 5.06. The molecule has 0 heterocycles. The van der Waals surface area contributed by atoms with Crippen LogP contribution in [0.4, 0.5) is 4.79 Å². The average Bonchev–Trinajstić information content (AvgIpc) is 2.29. The first-order chi connectivity index (χ1) is 9.70. The van der Waals surface area contributed by atoms with Gasteiger partial charge in [0.25, 0.3) is 0 Å². The highest BCUT2D eigenvalue weighted by Crippen LogP contribution is 2.05. The van der Waals surface area contributed by atoms with E-state index in [0.29, 0.717) is 13.2 Å². The minimum absolute atomic E-state index is 0.180. The first kappa shape index (κ1) is 19.3. The fourth-order valence-electron chi connectivity index (χ4n) is 1.10. The highest BCUT2D eigenvalue weighted by atomic mass is 16.6. The molecule has 1 N–H and O–H groups in total. The number of hydrogen-bond acceptors (Lipinski definition) is 7. The van der Waals surface area contributed by atoms with E-state index in [1.807, 2.05) is 0 Å². The number of hydrogen-bond donors (Lipinski definition) is 1. The highest BCUT2D eigenvalue weighted by Gasteiger charge is 2.15. The number of carbonyl (C=O) groups excluding carboxylic acids is 3. The van der Waals surface area contributed by atoms with Crippen molar-refractivity contribution in [1.82, 2.24) is 5.32 Å². The highest BCUT2D eigenvalue weighted by molar-refractivity contribution is 5.84. The van der Waals surface area contributed by atoms with Crippen molar-refractivity contribution in [2.45, 2.75) is 33.3 Å². The van der Waals surface area contributed by atoms with Gasteiger partial charge in [-0.05, 0) is 20.8 Å². The summed E-state index contributed by atoms with van der Waals surface area (Å²) in [4.78, 5) is 32.6. The van der Waals surface area contributed by atoms with Gasteiger partial charge in [0.05, 0.1) is 19.8 Å². The van der Waals surface area contributed by atoms with Crippen LogP contribution in [0.3, 0.4) is 0 Å². The van der Waals surface area contributed by atoms with Crippen LogP contribution in [0.15, 0.2) is 0 Å². The number of carbonyl (C=O) groups is 3. The summed E-state index contributed by atoms with van der Waals surface area (Å²) >= 11 is 0. The van der Waals surface area contributed by atoms with E-state index >= 15 is 0 Å². The van der Waals surface area contributed by atoms with Crippen LogP contribution in [-0.4, -0.2) is 56.6 Å². The van der Waals surface area contributed by atoms with Gasteiger partial charge in [-0.25, -0.2) is 9.59 Å². The number of amides is 1. The second kappa shape index (κ2) is 10.1. The molecule has 0 aliphatic carbocycles.